The summed E-state index contributed by atoms with van der Waals surface area (Å²) in [6, 6.07) is -1.18. The summed E-state index contributed by atoms with van der Waals surface area (Å²) in [5.74, 6) is -2.98. The molecule has 14 nitrogen and oxygen atoms in total. The van der Waals surface area contributed by atoms with Gasteiger partial charge in [-0.3, -0.25) is 14.2 Å². The van der Waals surface area contributed by atoms with Crippen molar-refractivity contribution in [2.24, 2.45) is 0 Å². The predicted molar refractivity (Wildman–Crippen MR) is 126 cm³/mol. The maximum Gasteiger partial charge on any atom is 0.408 e. The molecule has 0 aromatic carbocycles. The third-order valence-corrected chi connectivity index (χ3v) is 5.24. The molecule has 1 saturated heterocycles. The van der Waals surface area contributed by atoms with Gasteiger partial charge in [0.1, 0.15) is 30.0 Å². The van der Waals surface area contributed by atoms with Crippen LogP contribution in [0.4, 0.5) is 15.0 Å². The molecule has 208 valence electrons. The topological polar surface area (TPSA) is 201 Å². The van der Waals surface area contributed by atoms with Crippen LogP contribution in [-0.4, -0.2) is 85.9 Å². The minimum absolute atomic E-state index is 0.103. The summed E-state index contributed by atoms with van der Waals surface area (Å²) in [4.78, 5) is 52.1. The number of carbonyl (C=O) groups is 3. The minimum Gasteiger partial charge on any atom is -0.444 e. The molecule has 0 bridgehead atoms. The second-order valence-electron chi connectivity index (χ2n) is 9.52. The van der Waals surface area contributed by atoms with Gasteiger partial charge >= 0.3 is 11.8 Å². The van der Waals surface area contributed by atoms with Gasteiger partial charge in [0.05, 0.1) is 12.8 Å². The van der Waals surface area contributed by atoms with E-state index in [1.54, 1.807) is 20.8 Å². The zero-order chi connectivity index (χ0) is 27.9. The number of carbonyl (C=O) groups excluding carboxylic acids is 3. The first-order chi connectivity index (χ1) is 17.2. The molecule has 0 spiro atoms. The van der Waals surface area contributed by atoms with E-state index in [4.69, 9.17) is 9.47 Å². The molecule has 3 amide bonds. The molecule has 6 N–H and O–H groups in total. The van der Waals surface area contributed by atoms with Gasteiger partial charge in [0.15, 0.2) is 17.9 Å². The zero-order valence-corrected chi connectivity index (χ0v) is 21.1. The highest BCUT2D eigenvalue weighted by Gasteiger charge is 2.44. The largest absolute Gasteiger partial charge is 0.444 e. The number of halogens is 1. The van der Waals surface area contributed by atoms with Crippen LogP contribution in [0.2, 0.25) is 0 Å². The van der Waals surface area contributed by atoms with Gasteiger partial charge < -0.3 is 40.7 Å². The minimum atomic E-state index is -1.64. The highest BCUT2D eigenvalue weighted by atomic mass is 19.1. The predicted octanol–water partition coefficient (Wildman–Crippen LogP) is -0.868. The lowest BCUT2D eigenvalue weighted by molar-refractivity contribution is -0.119. The number of alkyl carbamates (subject to hydrolysis) is 1. The fourth-order valence-corrected chi connectivity index (χ4v) is 3.49. The van der Waals surface area contributed by atoms with Crippen LogP contribution in [0, 0.1) is 5.82 Å². The van der Waals surface area contributed by atoms with Crippen LogP contribution in [0.1, 0.15) is 53.2 Å². The van der Waals surface area contributed by atoms with E-state index in [9.17, 15) is 38.9 Å². The van der Waals surface area contributed by atoms with Crippen LogP contribution >= 0.6 is 0 Å². The zero-order valence-electron chi connectivity index (χ0n) is 21.1. The van der Waals surface area contributed by atoms with Crippen molar-refractivity contribution >= 4 is 23.7 Å². The van der Waals surface area contributed by atoms with E-state index in [1.165, 1.54) is 6.92 Å². The molecular formula is C22H34FN5O9. The molecule has 0 unspecified atom stereocenters. The van der Waals surface area contributed by atoms with Crippen LogP contribution in [0.3, 0.4) is 0 Å². The fraction of sp³-hybridized carbons (Fsp3) is 0.682. The van der Waals surface area contributed by atoms with Crippen molar-refractivity contribution < 1.29 is 43.6 Å². The van der Waals surface area contributed by atoms with E-state index in [-0.39, 0.29) is 12.3 Å². The first-order valence-electron chi connectivity index (χ1n) is 11.7. The normalized spacial score (nSPS) is 22.3. The first kappa shape index (κ1) is 30.1. The molecule has 0 aliphatic carbocycles. The standard InChI is InChI=1S/C22H34FN5O9/c1-11(30)24-8-6-5-7-13(25-21(35)37-22(2,3)4)18(33)26-17-12(23)9-28(20(34)27-17)19-16(32)15(31)14(10-29)36-19/h9,13-16,19,29,31-32H,5-8,10H2,1-4H3,(H,24,30)(H,25,35)(H,26,27,33,34)/t13-,14-,15-,16-,19-/m1/s1. The number of hydrogen-bond donors (Lipinski definition) is 6. The second kappa shape index (κ2) is 12.9. The number of rotatable bonds is 10. The SMILES string of the molecule is CC(=O)NCCCC[C@@H](NC(=O)OC(C)(C)C)C(=O)Nc1nc(=O)n([C@@H]2O[C@H](CO)[C@@H](O)[C@H]2O)cc1F. The molecule has 1 aliphatic heterocycles. The number of ether oxygens (including phenoxy) is 2. The van der Waals surface area contributed by atoms with Crippen LogP contribution in [-0.2, 0) is 19.1 Å². The molecule has 1 aromatic heterocycles. The summed E-state index contributed by atoms with van der Waals surface area (Å²) in [7, 11) is 0. The Bertz CT molecular complexity index is 1030. The number of aliphatic hydroxyl groups excluding tert-OH is 3. The Labute approximate surface area is 212 Å². The Hall–Kier alpha value is -3.14. The van der Waals surface area contributed by atoms with E-state index < -0.39 is 72.1 Å². The molecule has 0 radical (unpaired) electrons. The number of aliphatic hydroxyl groups is 3. The molecular weight excluding hydrogens is 497 g/mol. The molecule has 2 heterocycles. The molecule has 2 rings (SSSR count). The van der Waals surface area contributed by atoms with E-state index in [2.05, 4.69) is 20.9 Å². The van der Waals surface area contributed by atoms with E-state index in [0.717, 1.165) is 0 Å². The second-order valence-corrected chi connectivity index (χ2v) is 9.52. The summed E-state index contributed by atoms with van der Waals surface area (Å²) in [5.41, 5.74) is -1.96. The van der Waals surface area contributed by atoms with Crippen molar-refractivity contribution in [3.8, 4) is 0 Å². The Balaban J connectivity index is 2.16. The highest BCUT2D eigenvalue weighted by molar-refractivity contribution is 5.95. The Morgan fingerprint density at radius 3 is 2.49 bits per heavy atom. The third kappa shape index (κ3) is 8.73. The van der Waals surface area contributed by atoms with E-state index >= 15 is 0 Å². The van der Waals surface area contributed by atoms with Crippen LogP contribution in [0.15, 0.2) is 11.0 Å². The lowest BCUT2D eigenvalue weighted by atomic mass is 10.1. The van der Waals surface area contributed by atoms with Crippen molar-refractivity contribution in [2.75, 3.05) is 18.5 Å². The number of aromatic nitrogens is 2. The number of unbranched alkanes of at least 4 members (excludes halogenated alkanes) is 1. The van der Waals surface area contributed by atoms with Crippen molar-refractivity contribution in [1.82, 2.24) is 20.2 Å². The lowest BCUT2D eigenvalue weighted by Crippen LogP contribution is -2.46. The Kier molecular flexibility index (Phi) is 10.5. The maximum atomic E-state index is 14.8. The molecule has 5 atom stereocenters. The van der Waals surface area contributed by atoms with Gasteiger partial charge in [-0.05, 0) is 40.0 Å². The van der Waals surface area contributed by atoms with Crippen LogP contribution in [0.25, 0.3) is 0 Å². The lowest BCUT2D eigenvalue weighted by Gasteiger charge is -2.23. The maximum absolute atomic E-state index is 14.8. The van der Waals surface area contributed by atoms with Gasteiger partial charge in [-0.1, -0.05) is 0 Å². The number of anilines is 1. The fourth-order valence-electron chi connectivity index (χ4n) is 3.49. The molecule has 37 heavy (non-hydrogen) atoms. The Morgan fingerprint density at radius 1 is 1.24 bits per heavy atom. The van der Waals surface area contributed by atoms with Gasteiger partial charge in [0.25, 0.3) is 0 Å². The van der Waals surface area contributed by atoms with E-state index in [1.807, 2.05) is 0 Å². The van der Waals surface area contributed by atoms with Crippen molar-refractivity contribution in [3.05, 3.63) is 22.5 Å². The van der Waals surface area contributed by atoms with Gasteiger partial charge in [-0.15, -0.1) is 0 Å². The third-order valence-electron chi connectivity index (χ3n) is 5.24. The number of hydrogen-bond acceptors (Lipinski definition) is 10. The summed E-state index contributed by atoms with van der Waals surface area (Å²) >= 11 is 0. The van der Waals surface area contributed by atoms with Gasteiger partial charge in [0.2, 0.25) is 11.8 Å². The smallest absolute Gasteiger partial charge is 0.408 e. The average Bonchev–Trinajstić information content (AvgIpc) is 3.07. The monoisotopic (exact) mass is 531 g/mol. The molecule has 0 saturated carbocycles. The van der Waals surface area contributed by atoms with Crippen LogP contribution < -0.4 is 21.6 Å². The molecule has 1 aliphatic rings. The van der Waals surface area contributed by atoms with Gasteiger partial charge in [0, 0.05) is 13.5 Å². The van der Waals surface area contributed by atoms with Crippen LogP contribution in [0.5, 0.6) is 0 Å². The summed E-state index contributed by atoms with van der Waals surface area (Å²) in [6.07, 6.45) is -5.13. The molecule has 1 fully saturated rings. The van der Waals surface area contributed by atoms with Gasteiger partial charge in [-0.25, -0.2) is 14.0 Å². The quantitative estimate of drug-likeness (QED) is 0.206. The van der Waals surface area contributed by atoms with Gasteiger partial charge in [-0.2, -0.15) is 4.98 Å². The summed E-state index contributed by atoms with van der Waals surface area (Å²) in [5, 5.41) is 36.3. The van der Waals surface area contributed by atoms with Crippen molar-refractivity contribution in [1.29, 1.82) is 0 Å². The highest BCUT2D eigenvalue weighted by Crippen LogP contribution is 2.28. The Morgan fingerprint density at radius 2 is 1.92 bits per heavy atom. The van der Waals surface area contributed by atoms with E-state index in [0.29, 0.717) is 30.2 Å². The first-order valence-corrected chi connectivity index (χ1v) is 11.7. The van der Waals surface area contributed by atoms with Crippen molar-refractivity contribution in [3.63, 3.8) is 0 Å². The number of amides is 3. The summed E-state index contributed by atoms with van der Waals surface area (Å²) in [6.45, 7) is 5.97. The van der Waals surface area contributed by atoms with Crippen molar-refractivity contribution in [2.45, 2.75) is 83.1 Å². The average molecular weight is 532 g/mol. The number of nitrogens with zero attached hydrogens (tertiary/aromatic N) is 2. The molecule has 1 aromatic rings. The summed E-state index contributed by atoms with van der Waals surface area (Å²) < 4.78 is 25.8. The number of nitrogens with one attached hydrogen (secondary N) is 3. The molecule has 15 heteroatoms.